The van der Waals surface area contributed by atoms with Gasteiger partial charge in [0.15, 0.2) is 0 Å². The lowest BCUT2D eigenvalue weighted by molar-refractivity contribution is -0.154. The van der Waals surface area contributed by atoms with E-state index in [9.17, 15) is 4.79 Å². The second kappa shape index (κ2) is 5.49. The molecule has 0 unspecified atom stereocenters. The fourth-order valence-corrected chi connectivity index (χ4v) is 1.15. The van der Waals surface area contributed by atoms with Crippen molar-refractivity contribution >= 4 is 11.8 Å². The minimum atomic E-state index is -0.415. The number of esters is 1. The number of hydrogen-bond donors (Lipinski definition) is 1. The Bertz CT molecular complexity index is 331. The number of pyridine rings is 1. The van der Waals surface area contributed by atoms with Crippen molar-refractivity contribution in [2.24, 2.45) is 0 Å². The lowest BCUT2D eigenvalue weighted by Crippen LogP contribution is -2.25. The van der Waals surface area contributed by atoms with Gasteiger partial charge in [0.1, 0.15) is 11.4 Å². The third-order valence-corrected chi connectivity index (χ3v) is 1.72. The number of hydrogen-bond acceptors (Lipinski definition) is 4. The number of nitrogens with zero attached hydrogens (tertiary/aromatic N) is 1. The molecule has 0 bridgehead atoms. The van der Waals surface area contributed by atoms with Crippen LogP contribution in [0, 0.1) is 0 Å². The van der Waals surface area contributed by atoms with Gasteiger partial charge in [0.2, 0.25) is 0 Å². The van der Waals surface area contributed by atoms with Crippen molar-refractivity contribution < 1.29 is 9.53 Å². The molecule has 0 atom stereocenters. The highest BCUT2D eigenvalue weighted by Gasteiger charge is 2.15. The van der Waals surface area contributed by atoms with Gasteiger partial charge >= 0.3 is 5.97 Å². The van der Waals surface area contributed by atoms with E-state index in [1.807, 2.05) is 39.0 Å². The molecule has 1 aromatic heterocycles. The monoisotopic (exact) mass is 222 g/mol. The van der Waals surface area contributed by atoms with Gasteiger partial charge in [-0.2, -0.15) is 0 Å². The molecular formula is C12H18N2O2. The molecule has 0 radical (unpaired) electrons. The normalized spacial score (nSPS) is 10.9. The van der Waals surface area contributed by atoms with Gasteiger partial charge in [-0.05, 0) is 32.9 Å². The SMILES string of the molecule is CC(C)(C)OC(=O)CCNc1ccccn1. The highest BCUT2D eigenvalue weighted by molar-refractivity contribution is 5.70. The lowest BCUT2D eigenvalue weighted by Gasteiger charge is -2.19. The molecular weight excluding hydrogens is 204 g/mol. The summed E-state index contributed by atoms with van der Waals surface area (Å²) in [5, 5.41) is 3.05. The molecule has 0 aliphatic heterocycles. The first-order valence-corrected chi connectivity index (χ1v) is 5.34. The molecule has 0 amide bonds. The smallest absolute Gasteiger partial charge is 0.308 e. The van der Waals surface area contributed by atoms with Crippen molar-refractivity contribution in [2.75, 3.05) is 11.9 Å². The number of carbonyl (C=O) groups excluding carboxylic acids is 1. The van der Waals surface area contributed by atoms with E-state index in [1.165, 1.54) is 0 Å². The Balaban J connectivity index is 2.24. The second-order valence-corrected chi connectivity index (χ2v) is 4.48. The minimum Gasteiger partial charge on any atom is -0.460 e. The third kappa shape index (κ3) is 5.34. The van der Waals surface area contributed by atoms with Crippen LogP contribution in [0.5, 0.6) is 0 Å². The van der Waals surface area contributed by atoms with Crippen LogP contribution >= 0.6 is 0 Å². The average molecular weight is 222 g/mol. The molecule has 88 valence electrons. The Morgan fingerprint density at radius 2 is 2.19 bits per heavy atom. The van der Waals surface area contributed by atoms with Crippen molar-refractivity contribution in [2.45, 2.75) is 32.8 Å². The summed E-state index contributed by atoms with van der Waals surface area (Å²) < 4.78 is 5.18. The average Bonchev–Trinajstić information content (AvgIpc) is 2.16. The van der Waals surface area contributed by atoms with Crippen LogP contribution in [0.3, 0.4) is 0 Å². The zero-order valence-electron chi connectivity index (χ0n) is 9.99. The summed E-state index contributed by atoms with van der Waals surface area (Å²) in [6.07, 6.45) is 2.05. The number of rotatable bonds is 4. The molecule has 0 fully saturated rings. The number of carbonyl (C=O) groups is 1. The number of anilines is 1. The minimum absolute atomic E-state index is 0.198. The van der Waals surface area contributed by atoms with Gasteiger partial charge in [0.05, 0.1) is 6.42 Å². The summed E-state index contributed by atoms with van der Waals surface area (Å²) in [4.78, 5) is 15.5. The highest BCUT2D eigenvalue weighted by Crippen LogP contribution is 2.08. The van der Waals surface area contributed by atoms with Crippen molar-refractivity contribution in [1.82, 2.24) is 4.98 Å². The molecule has 1 N–H and O–H groups in total. The van der Waals surface area contributed by atoms with E-state index >= 15 is 0 Å². The van der Waals surface area contributed by atoms with E-state index in [-0.39, 0.29) is 5.97 Å². The van der Waals surface area contributed by atoms with Gasteiger partial charge in [-0.1, -0.05) is 6.07 Å². The van der Waals surface area contributed by atoms with Gasteiger partial charge in [0.25, 0.3) is 0 Å². The molecule has 4 nitrogen and oxygen atoms in total. The molecule has 1 aromatic rings. The van der Waals surface area contributed by atoms with E-state index < -0.39 is 5.60 Å². The molecule has 0 saturated carbocycles. The quantitative estimate of drug-likeness (QED) is 0.794. The Labute approximate surface area is 96.0 Å². The Kier molecular flexibility index (Phi) is 4.28. The molecule has 0 saturated heterocycles. The van der Waals surface area contributed by atoms with Crippen molar-refractivity contribution in [1.29, 1.82) is 0 Å². The maximum atomic E-state index is 11.4. The Morgan fingerprint density at radius 3 is 2.75 bits per heavy atom. The third-order valence-electron chi connectivity index (χ3n) is 1.72. The summed E-state index contributed by atoms with van der Waals surface area (Å²) >= 11 is 0. The topological polar surface area (TPSA) is 51.2 Å². The van der Waals surface area contributed by atoms with Gasteiger partial charge < -0.3 is 10.1 Å². The number of aromatic nitrogens is 1. The molecule has 1 heterocycles. The van der Waals surface area contributed by atoms with Crippen LogP contribution in [-0.4, -0.2) is 23.1 Å². The summed E-state index contributed by atoms with van der Waals surface area (Å²) in [6, 6.07) is 5.59. The highest BCUT2D eigenvalue weighted by atomic mass is 16.6. The van der Waals surface area contributed by atoms with Crippen LogP contribution in [0.15, 0.2) is 24.4 Å². The standard InChI is InChI=1S/C12H18N2O2/c1-12(2,3)16-11(15)7-9-14-10-6-4-5-8-13-10/h4-6,8H,7,9H2,1-3H3,(H,13,14). The van der Waals surface area contributed by atoms with Crippen molar-refractivity contribution in [3.63, 3.8) is 0 Å². The maximum Gasteiger partial charge on any atom is 0.308 e. The van der Waals surface area contributed by atoms with E-state index in [0.29, 0.717) is 13.0 Å². The number of nitrogens with one attached hydrogen (secondary N) is 1. The van der Waals surface area contributed by atoms with Crippen LogP contribution < -0.4 is 5.32 Å². The predicted molar refractivity (Wildman–Crippen MR) is 63.2 cm³/mol. The van der Waals surface area contributed by atoms with Crippen LogP contribution in [-0.2, 0) is 9.53 Å². The summed E-state index contributed by atoms with van der Waals surface area (Å²) in [7, 11) is 0. The first kappa shape index (κ1) is 12.5. The fraction of sp³-hybridized carbons (Fsp3) is 0.500. The Morgan fingerprint density at radius 1 is 1.44 bits per heavy atom. The van der Waals surface area contributed by atoms with Crippen LogP contribution in [0.1, 0.15) is 27.2 Å². The van der Waals surface area contributed by atoms with Crippen molar-refractivity contribution in [3.8, 4) is 0 Å². The van der Waals surface area contributed by atoms with E-state index in [2.05, 4.69) is 10.3 Å². The fourth-order valence-electron chi connectivity index (χ4n) is 1.15. The van der Waals surface area contributed by atoms with Gasteiger partial charge in [-0.15, -0.1) is 0 Å². The molecule has 0 aliphatic rings. The van der Waals surface area contributed by atoms with E-state index in [1.54, 1.807) is 6.20 Å². The Hall–Kier alpha value is -1.58. The summed E-state index contributed by atoms with van der Waals surface area (Å²) in [5.41, 5.74) is -0.415. The predicted octanol–water partition coefficient (Wildman–Crippen LogP) is 2.23. The maximum absolute atomic E-state index is 11.4. The van der Waals surface area contributed by atoms with E-state index in [4.69, 9.17) is 4.74 Å². The second-order valence-electron chi connectivity index (χ2n) is 4.48. The molecule has 1 rings (SSSR count). The van der Waals surface area contributed by atoms with Gasteiger partial charge in [-0.3, -0.25) is 4.79 Å². The van der Waals surface area contributed by atoms with Crippen LogP contribution in [0.25, 0.3) is 0 Å². The number of ether oxygens (including phenoxy) is 1. The van der Waals surface area contributed by atoms with Crippen molar-refractivity contribution in [3.05, 3.63) is 24.4 Å². The zero-order chi connectivity index (χ0) is 12.0. The molecule has 0 aliphatic carbocycles. The molecule has 4 heteroatoms. The van der Waals surface area contributed by atoms with E-state index in [0.717, 1.165) is 5.82 Å². The molecule has 16 heavy (non-hydrogen) atoms. The molecule has 0 spiro atoms. The summed E-state index contributed by atoms with van der Waals surface area (Å²) in [5.74, 6) is 0.571. The lowest BCUT2D eigenvalue weighted by atomic mass is 10.2. The van der Waals surface area contributed by atoms with Gasteiger partial charge in [0, 0.05) is 12.7 Å². The largest absolute Gasteiger partial charge is 0.460 e. The van der Waals surface area contributed by atoms with Crippen LogP contribution in [0.2, 0.25) is 0 Å². The molecule has 0 aromatic carbocycles. The van der Waals surface area contributed by atoms with Crippen LogP contribution in [0.4, 0.5) is 5.82 Å². The van der Waals surface area contributed by atoms with Gasteiger partial charge in [-0.25, -0.2) is 4.98 Å². The first-order chi connectivity index (χ1) is 7.47. The summed E-state index contributed by atoms with van der Waals surface area (Å²) in [6.45, 7) is 6.11. The first-order valence-electron chi connectivity index (χ1n) is 5.34. The zero-order valence-corrected chi connectivity index (χ0v) is 9.99.